The van der Waals surface area contributed by atoms with Crippen LogP contribution in [-0.4, -0.2) is 21.7 Å². The van der Waals surface area contributed by atoms with Crippen molar-refractivity contribution in [1.29, 1.82) is 0 Å². The summed E-state index contributed by atoms with van der Waals surface area (Å²) < 4.78 is 1.13. The van der Waals surface area contributed by atoms with Gasteiger partial charge in [0.05, 0.1) is 0 Å². The minimum Gasteiger partial charge on any atom is -0.351 e. The number of carbonyl (C=O) groups excluding carboxylic acids is 2. The van der Waals surface area contributed by atoms with Gasteiger partial charge in [0, 0.05) is 12.4 Å². The number of carbonyl (C=O) groups is 2. The zero-order valence-corrected chi connectivity index (χ0v) is 6.52. The van der Waals surface area contributed by atoms with Crippen molar-refractivity contribution in [3.05, 3.63) is 12.4 Å². The number of aromatic nitrogens is 2. The van der Waals surface area contributed by atoms with Crippen LogP contribution < -0.4 is 22.2 Å². The van der Waals surface area contributed by atoms with Crippen LogP contribution in [0.1, 0.15) is 0 Å². The van der Waals surface area contributed by atoms with Gasteiger partial charge in [-0.05, 0) is 0 Å². The molecular weight excluding hydrogens is 176 g/mol. The summed E-state index contributed by atoms with van der Waals surface area (Å²) in [6.45, 7) is 0. The number of anilines is 1. The molecule has 1 heterocycles. The first-order valence-corrected chi connectivity index (χ1v) is 3.26. The molecule has 1 rings (SSSR count). The van der Waals surface area contributed by atoms with E-state index in [0.29, 0.717) is 0 Å². The first kappa shape index (κ1) is 8.84. The first-order chi connectivity index (χ1) is 6.09. The molecule has 0 aliphatic carbocycles. The second kappa shape index (κ2) is 3.43. The molecule has 0 radical (unpaired) electrons. The molecule has 0 aromatic carbocycles. The summed E-state index contributed by atoms with van der Waals surface area (Å²) in [4.78, 5) is 24.5. The Hall–Kier alpha value is -2.25. The lowest BCUT2D eigenvalue weighted by Crippen LogP contribution is -2.30. The molecule has 0 atom stereocenters. The highest BCUT2D eigenvalue weighted by Gasteiger charge is 2.04. The molecule has 0 bridgehead atoms. The van der Waals surface area contributed by atoms with Crippen molar-refractivity contribution in [1.82, 2.24) is 9.66 Å². The number of hydrogen-bond acceptors (Lipinski definition) is 3. The number of nitrogens with zero attached hydrogens (tertiary/aromatic N) is 2. The van der Waals surface area contributed by atoms with Gasteiger partial charge >= 0.3 is 12.1 Å². The van der Waals surface area contributed by atoms with Gasteiger partial charge in [-0.2, -0.15) is 0 Å². The Bertz CT molecular complexity index is 301. The van der Waals surface area contributed by atoms with E-state index >= 15 is 0 Å². The van der Waals surface area contributed by atoms with E-state index in [4.69, 9.17) is 11.5 Å². The Labute approximate surface area is 72.9 Å². The number of hydrogen-bond donors (Lipinski definition) is 4. The maximum atomic E-state index is 10.4. The molecule has 0 spiro atoms. The highest BCUT2D eigenvalue weighted by atomic mass is 16.2. The van der Waals surface area contributed by atoms with Crippen molar-refractivity contribution in [3.8, 4) is 0 Å². The predicted molar refractivity (Wildman–Crippen MR) is 44.4 cm³/mol. The van der Waals surface area contributed by atoms with Gasteiger partial charge in [-0.1, -0.05) is 0 Å². The smallest absolute Gasteiger partial charge is 0.331 e. The third-order valence-electron chi connectivity index (χ3n) is 1.11. The number of amides is 4. The van der Waals surface area contributed by atoms with E-state index in [1.54, 1.807) is 0 Å². The van der Waals surface area contributed by atoms with Gasteiger partial charge in [0.1, 0.15) is 0 Å². The van der Waals surface area contributed by atoms with Crippen molar-refractivity contribution in [2.75, 3.05) is 10.7 Å². The maximum absolute atomic E-state index is 10.4. The maximum Gasteiger partial charge on any atom is 0.331 e. The van der Waals surface area contributed by atoms with Crippen LogP contribution in [0.2, 0.25) is 0 Å². The van der Waals surface area contributed by atoms with E-state index in [1.165, 1.54) is 12.4 Å². The molecular formula is C5H8N6O2. The van der Waals surface area contributed by atoms with E-state index in [1.807, 2.05) is 0 Å². The average Bonchev–Trinajstić information content (AvgIpc) is 2.34. The predicted octanol–water partition coefficient (Wildman–Crippen LogP) is -1.00. The van der Waals surface area contributed by atoms with E-state index in [9.17, 15) is 9.59 Å². The number of primary amides is 2. The molecule has 1 aromatic rings. The minimum atomic E-state index is -0.779. The van der Waals surface area contributed by atoms with Crippen LogP contribution in [0.3, 0.4) is 0 Å². The lowest BCUT2D eigenvalue weighted by Gasteiger charge is -2.05. The summed E-state index contributed by atoms with van der Waals surface area (Å²) in [5.41, 5.74) is 11.9. The van der Waals surface area contributed by atoms with Gasteiger partial charge in [0.25, 0.3) is 0 Å². The van der Waals surface area contributed by atoms with Gasteiger partial charge in [-0.25, -0.2) is 24.7 Å². The first-order valence-electron chi connectivity index (χ1n) is 3.26. The highest BCUT2D eigenvalue weighted by Crippen LogP contribution is 1.99. The molecule has 1 aromatic heterocycles. The molecule has 0 aliphatic heterocycles. The minimum absolute atomic E-state index is 0.0892. The van der Waals surface area contributed by atoms with Crippen LogP contribution in [0.15, 0.2) is 12.4 Å². The zero-order valence-electron chi connectivity index (χ0n) is 6.52. The van der Waals surface area contributed by atoms with Crippen LogP contribution in [0, 0.1) is 0 Å². The van der Waals surface area contributed by atoms with Crippen LogP contribution in [0.25, 0.3) is 0 Å². The van der Waals surface area contributed by atoms with Crippen molar-refractivity contribution in [2.45, 2.75) is 0 Å². The van der Waals surface area contributed by atoms with E-state index < -0.39 is 12.1 Å². The Kier molecular flexibility index (Phi) is 2.33. The van der Waals surface area contributed by atoms with Crippen molar-refractivity contribution < 1.29 is 9.59 Å². The number of imidazole rings is 1. The number of urea groups is 2. The molecule has 0 saturated heterocycles. The third kappa shape index (κ3) is 2.36. The molecule has 8 nitrogen and oxygen atoms in total. The molecule has 4 amide bonds. The Morgan fingerprint density at radius 3 is 2.62 bits per heavy atom. The van der Waals surface area contributed by atoms with Gasteiger partial charge in [0.15, 0.2) is 0 Å². The summed E-state index contributed by atoms with van der Waals surface area (Å²) in [6.07, 6.45) is 2.76. The Morgan fingerprint density at radius 2 is 2.08 bits per heavy atom. The van der Waals surface area contributed by atoms with Crippen LogP contribution >= 0.6 is 0 Å². The van der Waals surface area contributed by atoms with Crippen LogP contribution in [-0.2, 0) is 0 Å². The summed E-state index contributed by atoms with van der Waals surface area (Å²) in [5.74, 6) is 0.0892. The lowest BCUT2D eigenvalue weighted by atomic mass is 10.9. The molecule has 0 fully saturated rings. The molecule has 0 saturated carbocycles. The molecule has 13 heavy (non-hydrogen) atoms. The fraction of sp³-hybridized carbons (Fsp3) is 0. The SMILES string of the molecule is NC(=O)Nc1nccn1NC(N)=O. The Balaban J connectivity index is 2.76. The monoisotopic (exact) mass is 184 g/mol. The van der Waals surface area contributed by atoms with Crippen LogP contribution in [0.5, 0.6) is 0 Å². The largest absolute Gasteiger partial charge is 0.351 e. The molecule has 8 heteroatoms. The van der Waals surface area contributed by atoms with Crippen molar-refractivity contribution in [2.24, 2.45) is 11.5 Å². The van der Waals surface area contributed by atoms with Crippen molar-refractivity contribution >= 4 is 18.0 Å². The summed E-state index contributed by atoms with van der Waals surface area (Å²) >= 11 is 0. The molecule has 0 aliphatic rings. The van der Waals surface area contributed by atoms with Gasteiger partial charge in [0.2, 0.25) is 5.95 Å². The quantitative estimate of drug-likeness (QED) is 0.470. The van der Waals surface area contributed by atoms with E-state index in [-0.39, 0.29) is 5.95 Å². The van der Waals surface area contributed by atoms with E-state index in [2.05, 4.69) is 15.7 Å². The fourth-order valence-corrected chi connectivity index (χ4v) is 0.715. The van der Waals surface area contributed by atoms with Gasteiger partial charge in [-0.15, -0.1) is 0 Å². The molecule has 70 valence electrons. The second-order valence-electron chi connectivity index (χ2n) is 2.09. The molecule has 6 N–H and O–H groups in total. The van der Waals surface area contributed by atoms with Gasteiger partial charge in [-0.3, -0.25) is 5.32 Å². The number of nitrogens with two attached hydrogens (primary N) is 2. The number of rotatable bonds is 2. The van der Waals surface area contributed by atoms with Crippen LogP contribution in [0.4, 0.5) is 15.5 Å². The highest BCUT2D eigenvalue weighted by molar-refractivity contribution is 5.86. The average molecular weight is 184 g/mol. The summed E-state index contributed by atoms with van der Waals surface area (Å²) in [7, 11) is 0. The third-order valence-corrected chi connectivity index (χ3v) is 1.11. The zero-order chi connectivity index (χ0) is 9.84. The summed E-state index contributed by atoms with van der Waals surface area (Å²) in [6, 6.07) is -1.55. The normalized spacial score (nSPS) is 9.23. The van der Waals surface area contributed by atoms with Gasteiger partial charge < -0.3 is 11.5 Å². The Morgan fingerprint density at radius 1 is 1.38 bits per heavy atom. The lowest BCUT2D eigenvalue weighted by molar-refractivity contribution is 0.256. The second-order valence-corrected chi connectivity index (χ2v) is 2.09. The number of nitrogens with one attached hydrogen (secondary N) is 2. The fourth-order valence-electron chi connectivity index (χ4n) is 0.715. The molecule has 0 unspecified atom stereocenters. The topological polar surface area (TPSA) is 128 Å². The standard InChI is InChI=1S/C5H8N6O2/c6-3(12)9-5-8-1-2-11(5)10-4(7)13/h1-2H,(H3,7,10,13)(H3,6,8,9,12). The van der Waals surface area contributed by atoms with E-state index in [0.717, 1.165) is 4.68 Å². The summed E-state index contributed by atoms with van der Waals surface area (Å²) in [5, 5.41) is 2.18. The van der Waals surface area contributed by atoms with Crippen molar-refractivity contribution in [3.63, 3.8) is 0 Å².